The van der Waals surface area contributed by atoms with Gasteiger partial charge in [-0.05, 0) is 112 Å². The van der Waals surface area contributed by atoms with Gasteiger partial charge in [-0.1, -0.05) is 62.3 Å². The fraction of sp³-hybridized carbons (Fsp3) is 0.633. The molecule has 0 unspecified atom stereocenters. The molecule has 2 aliphatic carbocycles. The molecular weight excluding hydrogens is 374 g/mol. The van der Waals surface area contributed by atoms with Crippen LogP contribution in [0.2, 0.25) is 0 Å². The first kappa shape index (κ1) is 23.8. The maximum absolute atomic E-state index is 8.58. The molecule has 168 valence electrons. The third-order valence-electron chi connectivity index (χ3n) is 7.77. The van der Waals surface area contributed by atoms with Crippen LogP contribution in [0.1, 0.15) is 107 Å². The summed E-state index contributed by atoms with van der Waals surface area (Å²) in [6, 6.07) is 11.7. The normalized spacial score (nSPS) is 27.0. The molecule has 2 fully saturated rings. The summed E-state index contributed by atoms with van der Waals surface area (Å²) in [6.45, 7) is 2.28. The SMILES string of the molecule is CCCCCc1ccc(C2CCC(C=CC3CCC(CCC=CC#N)CC3)CC2)cc1. The molecule has 0 atom stereocenters. The van der Waals surface area contributed by atoms with Crippen LogP contribution in [0.5, 0.6) is 0 Å². The highest BCUT2D eigenvalue weighted by atomic mass is 14.3. The van der Waals surface area contributed by atoms with Gasteiger partial charge >= 0.3 is 0 Å². The summed E-state index contributed by atoms with van der Waals surface area (Å²) in [4.78, 5) is 0. The lowest BCUT2D eigenvalue weighted by Crippen LogP contribution is -2.14. The fourth-order valence-corrected chi connectivity index (χ4v) is 5.63. The Morgan fingerprint density at radius 2 is 1.52 bits per heavy atom. The van der Waals surface area contributed by atoms with Crippen molar-refractivity contribution in [1.82, 2.24) is 0 Å². The van der Waals surface area contributed by atoms with E-state index in [-0.39, 0.29) is 0 Å². The van der Waals surface area contributed by atoms with Crippen molar-refractivity contribution in [1.29, 1.82) is 5.26 Å². The van der Waals surface area contributed by atoms with Crippen molar-refractivity contribution in [3.05, 3.63) is 59.7 Å². The molecular formula is C30H43N. The van der Waals surface area contributed by atoms with Crippen molar-refractivity contribution in [3.8, 4) is 6.07 Å². The quantitative estimate of drug-likeness (QED) is 0.212. The third kappa shape index (κ3) is 8.33. The van der Waals surface area contributed by atoms with E-state index in [2.05, 4.69) is 49.4 Å². The summed E-state index contributed by atoms with van der Waals surface area (Å²) >= 11 is 0. The van der Waals surface area contributed by atoms with Gasteiger partial charge in [-0.25, -0.2) is 0 Å². The van der Waals surface area contributed by atoms with E-state index in [1.165, 1.54) is 89.0 Å². The van der Waals surface area contributed by atoms with E-state index < -0.39 is 0 Å². The smallest absolute Gasteiger partial charge is 0.0908 e. The number of allylic oxidation sites excluding steroid dienone is 4. The molecule has 0 radical (unpaired) electrons. The summed E-state index contributed by atoms with van der Waals surface area (Å²) in [5.74, 6) is 3.27. The van der Waals surface area contributed by atoms with Crippen LogP contribution in [0.3, 0.4) is 0 Å². The second-order valence-corrected chi connectivity index (χ2v) is 10.1. The number of unbranched alkanes of at least 4 members (excludes halogenated alkanes) is 2. The molecule has 0 saturated heterocycles. The minimum atomic E-state index is 0.778. The van der Waals surface area contributed by atoms with Crippen molar-refractivity contribution in [2.75, 3.05) is 0 Å². The molecule has 3 rings (SSSR count). The highest BCUT2D eigenvalue weighted by molar-refractivity contribution is 5.26. The standard InChI is InChI=1S/C30H43N/c1-2-3-5-8-26-16-20-29(21-17-26)30-22-18-28(19-23-30)15-14-27-12-10-25(11-13-27)9-6-4-7-24-31/h4,7,14-17,20-21,25,27-28,30H,2-3,5-6,8-13,18-19,22-23H2,1H3. The van der Waals surface area contributed by atoms with Gasteiger partial charge in [0.15, 0.2) is 0 Å². The van der Waals surface area contributed by atoms with Gasteiger partial charge in [0.05, 0.1) is 6.07 Å². The predicted molar refractivity (Wildman–Crippen MR) is 133 cm³/mol. The van der Waals surface area contributed by atoms with Crippen LogP contribution in [0.4, 0.5) is 0 Å². The predicted octanol–water partition coefficient (Wildman–Crippen LogP) is 8.92. The lowest BCUT2D eigenvalue weighted by molar-refractivity contribution is 0.295. The van der Waals surface area contributed by atoms with Crippen molar-refractivity contribution >= 4 is 0 Å². The Morgan fingerprint density at radius 1 is 0.871 bits per heavy atom. The molecule has 1 aromatic carbocycles. The average Bonchev–Trinajstić information content (AvgIpc) is 2.82. The van der Waals surface area contributed by atoms with Gasteiger partial charge < -0.3 is 0 Å². The van der Waals surface area contributed by atoms with E-state index in [1.807, 2.05) is 6.08 Å². The van der Waals surface area contributed by atoms with E-state index in [0.717, 1.165) is 30.1 Å². The molecule has 1 heteroatoms. The van der Waals surface area contributed by atoms with Crippen molar-refractivity contribution < 1.29 is 0 Å². The molecule has 1 aromatic rings. The number of hydrogen-bond acceptors (Lipinski definition) is 1. The van der Waals surface area contributed by atoms with Gasteiger partial charge in [-0.15, -0.1) is 0 Å². The number of hydrogen-bond donors (Lipinski definition) is 0. The molecule has 2 aliphatic rings. The zero-order valence-electron chi connectivity index (χ0n) is 19.8. The summed E-state index contributed by atoms with van der Waals surface area (Å²) in [6.07, 6.45) is 27.3. The van der Waals surface area contributed by atoms with Crippen LogP contribution in [0.15, 0.2) is 48.6 Å². The number of nitriles is 1. The van der Waals surface area contributed by atoms with Crippen molar-refractivity contribution in [2.45, 2.75) is 103 Å². The van der Waals surface area contributed by atoms with Gasteiger partial charge in [0.1, 0.15) is 0 Å². The highest BCUT2D eigenvalue weighted by Crippen LogP contribution is 2.38. The van der Waals surface area contributed by atoms with Crippen LogP contribution in [0.25, 0.3) is 0 Å². The molecule has 0 bridgehead atoms. The highest BCUT2D eigenvalue weighted by Gasteiger charge is 2.22. The minimum absolute atomic E-state index is 0.778. The first-order chi connectivity index (χ1) is 15.3. The molecule has 0 aromatic heterocycles. The third-order valence-corrected chi connectivity index (χ3v) is 7.77. The Hall–Kier alpha value is -1.81. The maximum atomic E-state index is 8.58. The molecule has 1 nitrogen and oxygen atoms in total. The van der Waals surface area contributed by atoms with E-state index in [9.17, 15) is 0 Å². The largest absolute Gasteiger partial charge is 0.193 e. The first-order valence-corrected chi connectivity index (χ1v) is 13.1. The van der Waals surface area contributed by atoms with Crippen LogP contribution >= 0.6 is 0 Å². The molecule has 0 N–H and O–H groups in total. The monoisotopic (exact) mass is 417 g/mol. The summed E-state index contributed by atoms with van der Waals surface area (Å²) < 4.78 is 0. The maximum Gasteiger partial charge on any atom is 0.0908 e. The van der Waals surface area contributed by atoms with E-state index >= 15 is 0 Å². The lowest BCUT2D eigenvalue weighted by Gasteiger charge is -2.29. The number of nitrogens with zero attached hydrogens (tertiary/aromatic N) is 1. The Balaban J connectivity index is 1.34. The second-order valence-electron chi connectivity index (χ2n) is 10.1. The van der Waals surface area contributed by atoms with Gasteiger partial charge in [0, 0.05) is 6.08 Å². The van der Waals surface area contributed by atoms with Crippen LogP contribution in [0, 0.1) is 29.1 Å². The van der Waals surface area contributed by atoms with Crippen LogP contribution in [-0.4, -0.2) is 0 Å². The van der Waals surface area contributed by atoms with Gasteiger partial charge in [0.2, 0.25) is 0 Å². The lowest BCUT2D eigenvalue weighted by atomic mass is 9.76. The minimum Gasteiger partial charge on any atom is -0.193 e. The number of benzene rings is 1. The van der Waals surface area contributed by atoms with E-state index in [1.54, 1.807) is 11.6 Å². The number of rotatable bonds is 10. The Morgan fingerprint density at radius 3 is 2.13 bits per heavy atom. The number of aryl methyl sites for hydroxylation is 1. The van der Waals surface area contributed by atoms with Gasteiger partial charge in [-0.3, -0.25) is 0 Å². The van der Waals surface area contributed by atoms with E-state index in [4.69, 9.17) is 5.26 Å². The summed E-state index contributed by atoms with van der Waals surface area (Å²) in [5, 5.41) is 8.58. The second kappa shape index (κ2) is 13.6. The Kier molecular flexibility index (Phi) is 10.4. The topological polar surface area (TPSA) is 23.8 Å². The zero-order chi connectivity index (χ0) is 21.7. The average molecular weight is 418 g/mol. The molecule has 0 heterocycles. The Labute approximate surface area is 191 Å². The van der Waals surface area contributed by atoms with Crippen LogP contribution in [-0.2, 0) is 6.42 Å². The molecule has 0 amide bonds. The van der Waals surface area contributed by atoms with Crippen molar-refractivity contribution in [2.24, 2.45) is 17.8 Å². The van der Waals surface area contributed by atoms with Crippen molar-refractivity contribution in [3.63, 3.8) is 0 Å². The molecule has 31 heavy (non-hydrogen) atoms. The molecule has 2 saturated carbocycles. The van der Waals surface area contributed by atoms with Crippen LogP contribution < -0.4 is 0 Å². The zero-order valence-corrected chi connectivity index (χ0v) is 19.8. The van der Waals surface area contributed by atoms with Gasteiger partial charge in [0.25, 0.3) is 0 Å². The first-order valence-electron chi connectivity index (χ1n) is 13.1. The van der Waals surface area contributed by atoms with Gasteiger partial charge in [-0.2, -0.15) is 5.26 Å². The molecule has 0 spiro atoms. The van der Waals surface area contributed by atoms with E-state index in [0.29, 0.717) is 0 Å². The fourth-order valence-electron chi connectivity index (χ4n) is 5.63. The summed E-state index contributed by atoms with van der Waals surface area (Å²) in [5.41, 5.74) is 3.09. The molecule has 0 aliphatic heterocycles. The Bertz CT molecular complexity index is 704. The summed E-state index contributed by atoms with van der Waals surface area (Å²) in [7, 11) is 0.